The highest BCUT2D eigenvalue weighted by Gasteiger charge is 2.16. The van der Waals surface area contributed by atoms with Gasteiger partial charge in [0.2, 0.25) is 0 Å². The van der Waals surface area contributed by atoms with Gasteiger partial charge in [0, 0.05) is 12.6 Å². The van der Waals surface area contributed by atoms with Crippen molar-refractivity contribution in [2.24, 2.45) is 0 Å². The first-order chi connectivity index (χ1) is 7.56. The van der Waals surface area contributed by atoms with E-state index in [-0.39, 0.29) is 28.8 Å². The molecule has 16 heavy (non-hydrogen) atoms. The van der Waals surface area contributed by atoms with Gasteiger partial charge >= 0.3 is 0 Å². The number of benzene rings is 1. The van der Waals surface area contributed by atoms with Gasteiger partial charge in [0.1, 0.15) is 5.69 Å². The first-order valence-electron chi connectivity index (χ1n) is 4.47. The fraction of sp³-hybridized carbons (Fsp3) is 0.333. The summed E-state index contributed by atoms with van der Waals surface area (Å²) >= 11 is 11.2. The minimum atomic E-state index is -0.780. The number of nitro groups is 1. The molecular formula is C9H10Cl2N2O3. The van der Waals surface area contributed by atoms with Crippen LogP contribution in [0, 0.1) is 10.1 Å². The second-order valence-corrected chi connectivity index (χ2v) is 3.80. The number of aliphatic hydroxyl groups is 1. The molecule has 0 aliphatic carbocycles. The Balaban J connectivity index is 2.88. The topological polar surface area (TPSA) is 75.4 Å². The molecule has 5 nitrogen and oxygen atoms in total. The number of nitrogens with zero attached hydrogens (tertiary/aromatic N) is 1. The van der Waals surface area contributed by atoms with Crippen LogP contribution in [0.3, 0.4) is 0 Å². The Morgan fingerprint density at radius 3 is 2.81 bits per heavy atom. The SMILES string of the molecule is O=[N+]([O-])c1cccc(Cl)c1NCC(O)CCl. The molecule has 0 fully saturated rings. The standard InChI is InChI=1S/C9H10Cl2N2O3/c10-4-6(14)5-12-9-7(11)2-1-3-8(9)13(15)16/h1-3,6,12,14H,4-5H2. The molecule has 0 amide bonds. The van der Waals surface area contributed by atoms with Crippen molar-refractivity contribution in [2.45, 2.75) is 6.10 Å². The van der Waals surface area contributed by atoms with E-state index < -0.39 is 11.0 Å². The zero-order chi connectivity index (χ0) is 12.1. The Kier molecular flexibility index (Phi) is 4.79. The van der Waals surface area contributed by atoms with E-state index in [0.717, 1.165) is 0 Å². The van der Waals surface area contributed by atoms with E-state index in [1.165, 1.54) is 18.2 Å². The summed E-state index contributed by atoms with van der Waals surface area (Å²) in [4.78, 5) is 10.2. The van der Waals surface area contributed by atoms with Gasteiger partial charge in [0.15, 0.2) is 0 Å². The summed E-state index contributed by atoms with van der Waals surface area (Å²) in [5.41, 5.74) is 0.0626. The van der Waals surface area contributed by atoms with E-state index >= 15 is 0 Å². The average Bonchev–Trinajstić information content (AvgIpc) is 2.26. The number of nitro benzene ring substituents is 1. The van der Waals surface area contributed by atoms with Crippen LogP contribution in [-0.4, -0.2) is 28.6 Å². The lowest BCUT2D eigenvalue weighted by atomic mass is 10.2. The minimum Gasteiger partial charge on any atom is -0.390 e. The summed E-state index contributed by atoms with van der Waals surface area (Å²) in [6.45, 7) is 0.105. The van der Waals surface area contributed by atoms with E-state index in [4.69, 9.17) is 23.2 Å². The fourth-order valence-electron chi connectivity index (χ4n) is 1.11. The second kappa shape index (κ2) is 5.89. The molecule has 0 aliphatic heterocycles. The summed E-state index contributed by atoms with van der Waals surface area (Å²) in [7, 11) is 0. The lowest BCUT2D eigenvalue weighted by Crippen LogP contribution is -2.21. The number of halogens is 2. The molecule has 0 aromatic heterocycles. The summed E-state index contributed by atoms with van der Waals surface area (Å²) in [5.74, 6) is 0.0469. The van der Waals surface area contributed by atoms with Crippen LogP contribution in [0.1, 0.15) is 0 Å². The van der Waals surface area contributed by atoms with E-state index in [9.17, 15) is 15.2 Å². The van der Waals surface area contributed by atoms with Crippen molar-refractivity contribution < 1.29 is 10.0 Å². The van der Waals surface area contributed by atoms with Crippen LogP contribution in [0.4, 0.5) is 11.4 Å². The predicted octanol–water partition coefficient (Wildman–Crippen LogP) is 2.26. The highest BCUT2D eigenvalue weighted by Crippen LogP contribution is 2.31. The molecule has 1 aromatic rings. The van der Waals surface area contributed by atoms with Crippen molar-refractivity contribution in [2.75, 3.05) is 17.7 Å². The number of aliphatic hydroxyl groups excluding tert-OH is 1. The van der Waals surface area contributed by atoms with Gasteiger partial charge in [-0.25, -0.2) is 0 Å². The van der Waals surface area contributed by atoms with Gasteiger partial charge in [-0.2, -0.15) is 0 Å². The molecule has 0 radical (unpaired) electrons. The zero-order valence-electron chi connectivity index (χ0n) is 8.19. The lowest BCUT2D eigenvalue weighted by molar-refractivity contribution is -0.383. The molecule has 2 N–H and O–H groups in total. The molecule has 0 heterocycles. The van der Waals surface area contributed by atoms with E-state index in [1.54, 1.807) is 0 Å². The first-order valence-corrected chi connectivity index (χ1v) is 5.38. The summed E-state index contributed by atoms with van der Waals surface area (Å²) < 4.78 is 0. The quantitative estimate of drug-likeness (QED) is 0.486. The maximum Gasteiger partial charge on any atom is 0.293 e. The third-order valence-electron chi connectivity index (χ3n) is 1.88. The van der Waals surface area contributed by atoms with Gasteiger partial charge in [0.05, 0.1) is 21.9 Å². The van der Waals surface area contributed by atoms with Crippen LogP contribution in [0.25, 0.3) is 0 Å². The summed E-state index contributed by atoms with van der Waals surface area (Å²) in [6, 6.07) is 4.36. The van der Waals surface area contributed by atoms with Gasteiger partial charge < -0.3 is 10.4 Å². The normalized spacial score (nSPS) is 12.2. The molecule has 0 saturated heterocycles. The second-order valence-electron chi connectivity index (χ2n) is 3.08. The smallest absolute Gasteiger partial charge is 0.293 e. The Morgan fingerprint density at radius 1 is 1.56 bits per heavy atom. The van der Waals surface area contributed by atoms with Crippen molar-refractivity contribution in [1.29, 1.82) is 0 Å². The third-order valence-corrected chi connectivity index (χ3v) is 2.55. The Labute approximate surface area is 102 Å². The molecule has 1 rings (SSSR count). The maximum atomic E-state index is 10.7. The van der Waals surface area contributed by atoms with Crippen LogP contribution >= 0.6 is 23.2 Å². The highest BCUT2D eigenvalue weighted by atomic mass is 35.5. The number of nitrogens with one attached hydrogen (secondary N) is 1. The molecule has 0 aliphatic rings. The minimum absolute atomic E-state index is 0.0469. The number of alkyl halides is 1. The van der Waals surface area contributed by atoms with Crippen LogP contribution in [-0.2, 0) is 0 Å². The molecule has 7 heteroatoms. The van der Waals surface area contributed by atoms with Crippen molar-refractivity contribution in [3.63, 3.8) is 0 Å². The predicted molar refractivity (Wildman–Crippen MR) is 63.3 cm³/mol. The third kappa shape index (κ3) is 3.23. The number of rotatable bonds is 5. The summed E-state index contributed by atoms with van der Waals surface area (Å²) in [5, 5.41) is 22.9. The van der Waals surface area contributed by atoms with Crippen LogP contribution in [0.2, 0.25) is 5.02 Å². The van der Waals surface area contributed by atoms with E-state index in [1.807, 2.05) is 0 Å². The fourth-order valence-corrected chi connectivity index (χ4v) is 1.46. The van der Waals surface area contributed by atoms with Crippen LogP contribution < -0.4 is 5.32 Å². The monoisotopic (exact) mass is 264 g/mol. The molecule has 0 bridgehead atoms. The largest absolute Gasteiger partial charge is 0.390 e. The van der Waals surface area contributed by atoms with Gasteiger partial charge in [-0.15, -0.1) is 11.6 Å². The number of hydrogen-bond acceptors (Lipinski definition) is 4. The van der Waals surface area contributed by atoms with Crippen molar-refractivity contribution in [3.05, 3.63) is 33.3 Å². The van der Waals surface area contributed by atoms with Gasteiger partial charge in [0.25, 0.3) is 5.69 Å². The van der Waals surface area contributed by atoms with Gasteiger partial charge in [-0.3, -0.25) is 10.1 Å². The molecule has 0 spiro atoms. The molecular weight excluding hydrogens is 255 g/mol. The Morgan fingerprint density at radius 2 is 2.25 bits per heavy atom. The van der Waals surface area contributed by atoms with Gasteiger partial charge in [-0.1, -0.05) is 17.7 Å². The zero-order valence-corrected chi connectivity index (χ0v) is 9.70. The van der Waals surface area contributed by atoms with Crippen molar-refractivity contribution in [3.8, 4) is 0 Å². The highest BCUT2D eigenvalue weighted by molar-refractivity contribution is 6.33. The lowest BCUT2D eigenvalue weighted by Gasteiger charge is -2.11. The van der Waals surface area contributed by atoms with Crippen molar-refractivity contribution >= 4 is 34.6 Å². The first kappa shape index (κ1) is 13.0. The van der Waals surface area contributed by atoms with Crippen LogP contribution in [0.15, 0.2) is 18.2 Å². The number of anilines is 1. The molecule has 1 unspecified atom stereocenters. The summed E-state index contributed by atoms with van der Waals surface area (Å²) in [6.07, 6.45) is -0.780. The van der Waals surface area contributed by atoms with Crippen LogP contribution in [0.5, 0.6) is 0 Å². The average molecular weight is 265 g/mol. The van der Waals surface area contributed by atoms with Gasteiger partial charge in [-0.05, 0) is 6.07 Å². The Hall–Kier alpha value is -1.04. The molecule has 1 atom stereocenters. The number of hydrogen-bond donors (Lipinski definition) is 2. The Bertz CT molecular complexity index is 387. The van der Waals surface area contributed by atoms with E-state index in [0.29, 0.717) is 0 Å². The van der Waals surface area contributed by atoms with E-state index in [2.05, 4.69) is 5.32 Å². The molecule has 1 aromatic carbocycles. The molecule has 0 saturated carbocycles. The number of para-hydroxylation sites is 1. The maximum absolute atomic E-state index is 10.7. The van der Waals surface area contributed by atoms with Crippen molar-refractivity contribution in [1.82, 2.24) is 0 Å². The molecule has 88 valence electrons.